The average Bonchev–Trinajstić information content (AvgIpc) is 2.65. The van der Waals surface area contributed by atoms with Crippen molar-refractivity contribution in [2.24, 2.45) is 11.7 Å². The molecule has 0 aliphatic carbocycles. The molecule has 0 fully saturated rings. The summed E-state index contributed by atoms with van der Waals surface area (Å²) >= 11 is 0. The van der Waals surface area contributed by atoms with Crippen LogP contribution in [0.25, 0.3) is 0 Å². The van der Waals surface area contributed by atoms with Gasteiger partial charge in [-0.1, -0.05) is 13.8 Å². The highest BCUT2D eigenvalue weighted by Gasteiger charge is 2.02. The number of aromatic nitrogens is 2. The van der Waals surface area contributed by atoms with Crippen LogP contribution in [0.4, 0.5) is 5.69 Å². The molecule has 1 rings (SSSR count). The first-order valence-corrected chi connectivity index (χ1v) is 5.49. The number of aliphatic hydroxyl groups is 1. The lowest BCUT2D eigenvalue weighted by atomic mass is 10.1. The van der Waals surface area contributed by atoms with Gasteiger partial charge in [-0.3, -0.25) is 4.68 Å². The van der Waals surface area contributed by atoms with E-state index in [0.717, 1.165) is 5.69 Å². The molecule has 0 amide bonds. The Kier molecular flexibility index (Phi) is 4.71. The van der Waals surface area contributed by atoms with Crippen molar-refractivity contribution in [3.05, 3.63) is 24.3 Å². The van der Waals surface area contributed by atoms with Gasteiger partial charge in [0.25, 0.3) is 0 Å². The molecule has 1 aromatic heterocycles. The number of anilines is 1. The van der Waals surface area contributed by atoms with Gasteiger partial charge in [0.2, 0.25) is 0 Å². The van der Waals surface area contributed by atoms with Crippen LogP contribution in [0, 0.1) is 11.3 Å². The molecule has 0 saturated heterocycles. The molecule has 0 atom stereocenters. The summed E-state index contributed by atoms with van der Waals surface area (Å²) in [6.45, 7) is 4.37. The zero-order valence-corrected chi connectivity index (χ0v) is 10.1. The third-order valence-corrected chi connectivity index (χ3v) is 2.18. The van der Waals surface area contributed by atoms with Gasteiger partial charge in [0, 0.05) is 11.9 Å². The largest absolute Gasteiger partial charge is 0.394 e. The predicted molar refractivity (Wildman–Crippen MR) is 67.8 cm³/mol. The van der Waals surface area contributed by atoms with E-state index in [9.17, 15) is 0 Å². The van der Waals surface area contributed by atoms with Crippen molar-refractivity contribution in [2.75, 3.05) is 11.9 Å². The fourth-order valence-corrected chi connectivity index (χ4v) is 1.19. The first kappa shape index (κ1) is 13.2. The summed E-state index contributed by atoms with van der Waals surface area (Å²) < 4.78 is 1.61. The Balaban J connectivity index is 2.61. The van der Waals surface area contributed by atoms with Gasteiger partial charge >= 0.3 is 0 Å². The minimum absolute atomic E-state index is 0.0461. The molecule has 0 spiro atoms. The second kappa shape index (κ2) is 6.05. The van der Waals surface area contributed by atoms with E-state index in [-0.39, 0.29) is 12.5 Å². The number of nitrogens with zero attached hydrogens (tertiary/aromatic N) is 2. The summed E-state index contributed by atoms with van der Waals surface area (Å²) in [6, 6.07) is 0. The molecule has 1 aromatic rings. The molecule has 5 N–H and O–H groups in total. The van der Waals surface area contributed by atoms with Gasteiger partial charge in [-0.2, -0.15) is 5.10 Å². The summed E-state index contributed by atoms with van der Waals surface area (Å²) in [4.78, 5) is 0. The van der Waals surface area contributed by atoms with Gasteiger partial charge in [0.15, 0.2) is 0 Å². The van der Waals surface area contributed by atoms with Crippen molar-refractivity contribution in [1.29, 1.82) is 5.41 Å². The molecule has 17 heavy (non-hydrogen) atoms. The van der Waals surface area contributed by atoms with Gasteiger partial charge in [-0.25, -0.2) is 0 Å². The molecule has 6 heteroatoms. The lowest BCUT2D eigenvalue weighted by Gasteiger charge is -2.06. The van der Waals surface area contributed by atoms with Crippen molar-refractivity contribution in [3.8, 4) is 0 Å². The van der Waals surface area contributed by atoms with Gasteiger partial charge in [0.05, 0.1) is 25.0 Å². The average molecular weight is 237 g/mol. The van der Waals surface area contributed by atoms with E-state index >= 15 is 0 Å². The van der Waals surface area contributed by atoms with E-state index in [1.165, 1.54) is 0 Å². The van der Waals surface area contributed by atoms with Crippen LogP contribution in [0.5, 0.6) is 0 Å². The lowest BCUT2D eigenvalue weighted by molar-refractivity contribution is 0.269. The fourth-order valence-electron chi connectivity index (χ4n) is 1.19. The van der Waals surface area contributed by atoms with Gasteiger partial charge in [-0.15, -0.1) is 0 Å². The molecule has 1 heterocycles. The number of rotatable bonds is 6. The van der Waals surface area contributed by atoms with Crippen LogP contribution in [0.2, 0.25) is 0 Å². The van der Waals surface area contributed by atoms with E-state index < -0.39 is 0 Å². The van der Waals surface area contributed by atoms with E-state index in [1.807, 2.05) is 13.8 Å². The second-order valence-electron chi connectivity index (χ2n) is 4.05. The molecule has 0 saturated carbocycles. The van der Waals surface area contributed by atoms with E-state index in [1.54, 1.807) is 23.2 Å². The summed E-state index contributed by atoms with van der Waals surface area (Å²) in [7, 11) is 0. The highest BCUT2D eigenvalue weighted by molar-refractivity contribution is 5.94. The standard InChI is InChI=1S/C11H19N5O/c1-8(2)10(12)5-11(13)15-9-6-14-16(7-9)3-4-17/h5-8,12,15,17H,3-4,13H2,1-2H3/b11-5-,12-10?. The summed E-state index contributed by atoms with van der Waals surface area (Å²) in [5, 5.41) is 23.4. The maximum atomic E-state index is 8.75. The zero-order chi connectivity index (χ0) is 12.8. The van der Waals surface area contributed by atoms with Gasteiger partial charge < -0.3 is 21.6 Å². The first-order valence-electron chi connectivity index (χ1n) is 5.49. The summed E-state index contributed by atoms with van der Waals surface area (Å²) in [6.07, 6.45) is 4.96. The van der Waals surface area contributed by atoms with Crippen LogP contribution in [-0.2, 0) is 6.54 Å². The second-order valence-corrected chi connectivity index (χ2v) is 4.05. The SMILES string of the molecule is CC(C)C(=N)/C=C(/N)Nc1cnn(CCO)c1. The fraction of sp³-hybridized carbons (Fsp3) is 0.455. The lowest BCUT2D eigenvalue weighted by Crippen LogP contribution is -2.13. The number of hydrogen-bond donors (Lipinski definition) is 4. The number of aliphatic hydroxyl groups excluding tert-OH is 1. The molecule has 94 valence electrons. The Labute approximate surface area is 101 Å². The number of nitrogens with two attached hydrogens (primary N) is 1. The first-order chi connectivity index (χ1) is 8.02. The molecule has 0 bridgehead atoms. The Hall–Kier alpha value is -1.82. The van der Waals surface area contributed by atoms with Crippen molar-refractivity contribution in [3.63, 3.8) is 0 Å². The van der Waals surface area contributed by atoms with Crippen molar-refractivity contribution >= 4 is 11.4 Å². The topological polar surface area (TPSA) is 100.0 Å². The Morgan fingerprint density at radius 2 is 2.41 bits per heavy atom. The Bertz CT molecular complexity index is 408. The minimum atomic E-state index is 0.0461. The normalized spacial score (nSPS) is 11.9. The van der Waals surface area contributed by atoms with Crippen LogP contribution in [0.15, 0.2) is 24.3 Å². The number of allylic oxidation sites excluding steroid dienone is 1. The van der Waals surface area contributed by atoms with Crippen molar-refractivity contribution in [1.82, 2.24) is 9.78 Å². The molecular formula is C11H19N5O. The third kappa shape index (κ3) is 4.28. The molecule has 0 unspecified atom stereocenters. The molecule has 0 aliphatic rings. The quantitative estimate of drug-likeness (QED) is 0.549. The van der Waals surface area contributed by atoms with Crippen LogP contribution >= 0.6 is 0 Å². The van der Waals surface area contributed by atoms with Crippen LogP contribution in [0.3, 0.4) is 0 Å². The highest BCUT2D eigenvalue weighted by atomic mass is 16.3. The maximum absolute atomic E-state index is 8.75. The van der Waals surface area contributed by atoms with E-state index in [2.05, 4.69) is 10.4 Å². The summed E-state index contributed by atoms with van der Waals surface area (Å²) in [5.41, 5.74) is 6.96. The predicted octanol–water partition coefficient (Wildman–Crippen LogP) is 0.763. The van der Waals surface area contributed by atoms with E-state index in [0.29, 0.717) is 18.1 Å². The highest BCUT2D eigenvalue weighted by Crippen LogP contribution is 2.07. The van der Waals surface area contributed by atoms with Crippen molar-refractivity contribution in [2.45, 2.75) is 20.4 Å². The van der Waals surface area contributed by atoms with Crippen LogP contribution < -0.4 is 11.1 Å². The smallest absolute Gasteiger partial charge is 0.102 e. The molecular weight excluding hydrogens is 218 g/mol. The Morgan fingerprint density at radius 3 is 3.00 bits per heavy atom. The zero-order valence-electron chi connectivity index (χ0n) is 10.1. The van der Waals surface area contributed by atoms with Crippen LogP contribution in [0.1, 0.15) is 13.8 Å². The monoisotopic (exact) mass is 237 g/mol. The maximum Gasteiger partial charge on any atom is 0.102 e. The minimum Gasteiger partial charge on any atom is -0.394 e. The molecule has 0 aliphatic heterocycles. The number of nitrogens with one attached hydrogen (secondary N) is 2. The summed E-state index contributed by atoms with van der Waals surface area (Å²) in [5.74, 6) is 0.555. The molecule has 0 radical (unpaired) electrons. The number of hydrogen-bond acceptors (Lipinski definition) is 5. The Morgan fingerprint density at radius 1 is 1.71 bits per heavy atom. The van der Waals surface area contributed by atoms with E-state index in [4.69, 9.17) is 16.2 Å². The third-order valence-electron chi connectivity index (χ3n) is 2.18. The van der Waals surface area contributed by atoms with Crippen LogP contribution in [-0.4, -0.2) is 27.2 Å². The van der Waals surface area contributed by atoms with Gasteiger partial charge in [-0.05, 0) is 12.0 Å². The molecule has 0 aromatic carbocycles. The van der Waals surface area contributed by atoms with Gasteiger partial charge in [0.1, 0.15) is 5.82 Å². The molecule has 6 nitrogen and oxygen atoms in total. The van der Waals surface area contributed by atoms with Crippen molar-refractivity contribution < 1.29 is 5.11 Å².